The van der Waals surface area contributed by atoms with Crippen LogP contribution in [0.3, 0.4) is 0 Å². The Morgan fingerprint density at radius 3 is 2.57 bits per heavy atom. The van der Waals surface area contributed by atoms with Gasteiger partial charge in [0.25, 0.3) is 0 Å². The number of rotatable bonds is 1. The molecule has 7 heteroatoms. The van der Waals surface area contributed by atoms with Crippen LogP contribution in [0.15, 0.2) is 18.2 Å². The molecule has 1 aliphatic rings. The molecule has 0 unspecified atom stereocenters. The summed E-state index contributed by atoms with van der Waals surface area (Å²) >= 11 is 5.82. The number of alkyl halides is 3. The van der Waals surface area contributed by atoms with Gasteiger partial charge in [-0.15, -0.1) is 0 Å². The molecule has 1 aromatic heterocycles. The Kier molecular flexibility index (Phi) is 3.36. The van der Waals surface area contributed by atoms with Crippen LogP contribution in [0, 0.1) is 0 Å². The summed E-state index contributed by atoms with van der Waals surface area (Å²) in [6.07, 6.45) is -0.878. The van der Waals surface area contributed by atoms with Gasteiger partial charge in [0, 0.05) is 16.3 Å². The number of nitrogens with zero attached hydrogens (tertiary/aromatic N) is 2. The van der Waals surface area contributed by atoms with Gasteiger partial charge in [0.1, 0.15) is 5.82 Å². The largest absolute Gasteiger partial charge is 0.416 e. The second-order valence-electron chi connectivity index (χ2n) is 5.13. The molecule has 2 aromatic rings. The number of fused-ring (bicyclic) bond motifs is 1. The molecule has 0 saturated heterocycles. The lowest BCUT2D eigenvalue weighted by Gasteiger charge is -2.15. The Hall–Kier alpha value is -1.69. The van der Waals surface area contributed by atoms with E-state index in [1.54, 1.807) is 0 Å². The molecule has 0 spiro atoms. The van der Waals surface area contributed by atoms with Crippen molar-refractivity contribution in [1.29, 1.82) is 0 Å². The number of aromatic nitrogens is 2. The Labute approximate surface area is 124 Å². The summed E-state index contributed by atoms with van der Waals surface area (Å²) in [5.74, 6) is 0.387. The van der Waals surface area contributed by atoms with E-state index in [9.17, 15) is 13.2 Å². The van der Waals surface area contributed by atoms with Crippen LogP contribution in [-0.2, 0) is 19.0 Å². The van der Waals surface area contributed by atoms with Gasteiger partial charge >= 0.3 is 6.18 Å². The van der Waals surface area contributed by atoms with E-state index < -0.39 is 11.7 Å². The summed E-state index contributed by atoms with van der Waals surface area (Å²) in [5, 5.41) is 4.22. The predicted octanol–water partition coefficient (Wildman–Crippen LogP) is 4.01. The van der Waals surface area contributed by atoms with Crippen LogP contribution in [0.4, 0.5) is 19.0 Å². The first kappa shape index (κ1) is 14.3. The first-order valence-electron chi connectivity index (χ1n) is 6.60. The van der Waals surface area contributed by atoms with Crippen molar-refractivity contribution in [1.82, 2.24) is 9.78 Å². The first-order valence-corrected chi connectivity index (χ1v) is 6.98. The van der Waals surface area contributed by atoms with Crippen LogP contribution < -0.4 is 5.73 Å². The van der Waals surface area contributed by atoms with E-state index in [-0.39, 0.29) is 5.02 Å². The van der Waals surface area contributed by atoms with Gasteiger partial charge in [-0.25, -0.2) is 4.68 Å². The third-order valence-electron chi connectivity index (χ3n) is 3.67. The van der Waals surface area contributed by atoms with Gasteiger partial charge in [0.05, 0.1) is 11.3 Å². The Morgan fingerprint density at radius 1 is 1.14 bits per heavy atom. The molecule has 0 radical (unpaired) electrons. The van der Waals surface area contributed by atoms with Crippen LogP contribution in [0.1, 0.15) is 29.7 Å². The van der Waals surface area contributed by atoms with E-state index in [2.05, 4.69) is 5.10 Å². The van der Waals surface area contributed by atoms with E-state index in [0.717, 1.165) is 49.1 Å². The number of anilines is 1. The Balaban J connectivity index is 2.15. The Morgan fingerprint density at radius 2 is 1.86 bits per heavy atom. The van der Waals surface area contributed by atoms with E-state index in [1.807, 2.05) is 0 Å². The highest BCUT2D eigenvalue weighted by molar-refractivity contribution is 6.30. The number of hydrogen-bond acceptors (Lipinski definition) is 2. The molecular weight excluding hydrogens is 303 g/mol. The highest BCUT2D eigenvalue weighted by Gasteiger charge is 2.32. The van der Waals surface area contributed by atoms with Gasteiger partial charge in [-0.2, -0.15) is 18.3 Å². The standard InChI is InChI=1S/C14H13ClF3N3/c15-9-5-8(14(16,17)18)6-10(7-9)21-12-4-2-1-3-11(12)13(19)20-21/h5-7H,1-4H2,(H2,19,20). The summed E-state index contributed by atoms with van der Waals surface area (Å²) < 4.78 is 40.2. The zero-order valence-electron chi connectivity index (χ0n) is 11.0. The predicted molar refractivity (Wildman–Crippen MR) is 74.6 cm³/mol. The van der Waals surface area contributed by atoms with E-state index in [1.165, 1.54) is 10.7 Å². The minimum Gasteiger partial charge on any atom is -0.382 e. The molecule has 0 amide bonds. The van der Waals surface area contributed by atoms with Gasteiger partial charge in [-0.05, 0) is 43.9 Å². The molecule has 0 aliphatic heterocycles. The van der Waals surface area contributed by atoms with E-state index in [0.29, 0.717) is 11.5 Å². The third-order valence-corrected chi connectivity index (χ3v) is 3.88. The van der Waals surface area contributed by atoms with Crippen molar-refractivity contribution in [2.24, 2.45) is 0 Å². The van der Waals surface area contributed by atoms with Crippen molar-refractivity contribution < 1.29 is 13.2 Å². The maximum Gasteiger partial charge on any atom is 0.416 e. The molecule has 112 valence electrons. The van der Waals surface area contributed by atoms with Crippen LogP contribution in [0.25, 0.3) is 5.69 Å². The SMILES string of the molecule is Nc1nn(-c2cc(Cl)cc(C(F)(F)F)c2)c2c1CCCC2. The molecule has 2 N–H and O–H groups in total. The second-order valence-corrected chi connectivity index (χ2v) is 5.56. The van der Waals surface area contributed by atoms with Crippen molar-refractivity contribution >= 4 is 17.4 Å². The maximum absolute atomic E-state index is 12.9. The molecule has 1 aromatic carbocycles. The summed E-state index contributed by atoms with van der Waals surface area (Å²) in [4.78, 5) is 0. The fourth-order valence-electron chi connectivity index (χ4n) is 2.70. The molecule has 21 heavy (non-hydrogen) atoms. The number of nitrogens with two attached hydrogens (primary N) is 1. The van der Waals surface area contributed by atoms with Crippen LogP contribution in [0.5, 0.6) is 0 Å². The van der Waals surface area contributed by atoms with Crippen molar-refractivity contribution in [2.75, 3.05) is 5.73 Å². The lowest BCUT2D eigenvalue weighted by molar-refractivity contribution is -0.137. The van der Waals surface area contributed by atoms with E-state index >= 15 is 0 Å². The number of hydrogen-bond donors (Lipinski definition) is 1. The maximum atomic E-state index is 12.9. The third kappa shape index (κ3) is 2.60. The minimum atomic E-state index is -4.45. The fraction of sp³-hybridized carbons (Fsp3) is 0.357. The zero-order valence-corrected chi connectivity index (χ0v) is 11.8. The van der Waals surface area contributed by atoms with Crippen LogP contribution in [0.2, 0.25) is 5.02 Å². The zero-order chi connectivity index (χ0) is 15.2. The van der Waals surface area contributed by atoms with Gasteiger partial charge in [-0.1, -0.05) is 11.6 Å². The molecule has 1 aliphatic carbocycles. The van der Waals surface area contributed by atoms with Crippen molar-refractivity contribution in [2.45, 2.75) is 31.9 Å². The molecule has 1 heterocycles. The van der Waals surface area contributed by atoms with Crippen LogP contribution >= 0.6 is 11.6 Å². The van der Waals surface area contributed by atoms with Gasteiger partial charge < -0.3 is 5.73 Å². The monoisotopic (exact) mass is 315 g/mol. The quantitative estimate of drug-likeness (QED) is 0.864. The van der Waals surface area contributed by atoms with Crippen LogP contribution in [-0.4, -0.2) is 9.78 Å². The highest BCUT2D eigenvalue weighted by atomic mass is 35.5. The smallest absolute Gasteiger partial charge is 0.382 e. The highest BCUT2D eigenvalue weighted by Crippen LogP contribution is 2.34. The summed E-state index contributed by atoms with van der Waals surface area (Å²) in [5.41, 5.74) is 7.21. The van der Waals surface area contributed by atoms with Gasteiger partial charge in [0.15, 0.2) is 0 Å². The minimum absolute atomic E-state index is 0.0263. The molecule has 0 bridgehead atoms. The molecule has 0 atom stereocenters. The van der Waals surface area contributed by atoms with E-state index in [4.69, 9.17) is 17.3 Å². The lowest BCUT2D eigenvalue weighted by Crippen LogP contribution is -2.10. The average Bonchev–Trinajstić information content (AvgIpc) is 2.75. The fourth-order valence-corrected chi connectivity index (χ4v) is 2.93. The molecular formula is C14H13ClF3N3. The molecule has 0 fully saturated rings. The topological polar surface area (TPSA) is 43.8 Å². The summed E-state index contributed by atoms with van der Waals surface area (Å²) in [7, 11) is 0. The molecule has 3 rings (SSSR count). The second kappa shape index (κ2) is 4.94. The normalized spacial score (nSPS) is 15.0. The van der Waals surface area contributed by atoms with Crippen molar-refractivity contribution in [3.05, 3.63) is 40.0 Å². The summed E-state index contributed by atoms with van der Waals surface area (Å²) in [6.45, 7) is 0. The Bertz CT molecular complexity index is 692. The first-order chi connectivity index (χ1) is 9.86. The number of halogens is 4. The number of benzene rings is 1. The van der Waals surface area contributed by atoms with Crippen molar-refractivity contribution in [3.63, 3.8) is 0 Å². The average molecular weight is 316 g/mol. The number of nitrogen functional groups attached to an aromatic ring is 1. The molecule has 0 saturated carbocycles. The van der Waals surface area contributed by atoms with Gasteiger partial charge in [-0.3, -0.25) is 0 Å². The lowest BCUT2D eigenvalue weighted by atomic mass is 9.97. The van der Waals surface area contributed by atoms with Crippen molar-refractivity contribution in [3.8, 4) is 5.69 Å². The van der Waals surface area contributed by atoms with Gasteiger partial charge in [0.2, 0.25) is 0 Å². The summed E-state index contributed by atoms with van der Waals surface area (Å²) in [6, 6.07) is 3.43. The molecule has 3 nitrogen and oxygen atoms in total.